The van der Waals surface area contributed by atoms with Crippen molar-refractivity contribution in [3.8, 4) is 17.2 Å². The maximum absolute atomic E-state index is 10.3. The fraction of sp³-hybridized carbons (Fsp3) is 0.455. The molecule has 2 N–H and O–H groups in total. The summed E-state index contributed by atoms with van der Waals surface area (Å²) in [5.74, 6) is 1.49. The van der Waals surface area contributed by atoms with Gasteiger partial charge in [0.05, 0.1) is 31.6 Å². The summed E-state index contributed by atoms with van der Waals surface area (Å²) in [4.78, 5) is 8.64. The average Bonchev–Trinajstić information content (AvgIpc) is 2.71. The zero-order chi connectivity index (χ0) is 20.5. The Morgan fingerprint density at radius 1 is 1.14 bits per heavy atom. The van der Waals surface area contributed by atoms with Gasteiger partial charge in [0, 0.05) is 23.5 Å². The lowest BCUT2D eigenvalue weighted by atomic mass is 10.1. The van der Waals surface area contributed by atoms with Crippen LogP contribution in [0.5, 0.6) is 17.2 Å². The minimum Gasteiger partial charge on any atom is -0.505 e. The number of pyridine rings is 1. The summed E-state index contributed by atoms with van der Waals surface area (Å²) in [6.45, 7) is 8.85. The van der Waals surface area contributed by atoms with Crippen LogP contribution in [0.4, 0.5) is 0 Å². The second-order valence-corrected chi connectivity index (χ2v) is 6.65. The Labute approximate surface area is 166 Å². The minimum atomic E-state index is -0.213. The van der Waals surface area contributed by atoms with Crippen molar-refractivity contribution in [3.63, 3.8) is 0 Å². The van der Waals surface area contributed by atoms with E-state index in [-0.39, 0.29) is 18.4 Å². The number of hydrogen-bond acceptors (Lipinski definition) is 6. The van der Waals surface area contributed by atoms with Gasteiger partial charge in [-0.3, -0.25) is 9.98 Å². The monoisotopic (exact) mass is 386 g/mol. The minimum absolute atomic E-state index is 0.0396. The summed E-state index contributed by atoms with van der Waals surface area (Å²) in [5.41, 5.74) is 2.50. The van der Waals surface area contributed by atoms with E-state index in [1.807, 2.05) is 25.1 Å². The topological polar surface area (TPSA) is 84.2 Å². The fourth-order valence-corrected chi connectivity index (χ4v) is 2.64. The Morgan fingerprint density at radius 3 is 2.46 bits per heavy atom. The number of aryl methyl sites for hydroxylation is 1. The normalized spacial score (nSPS) is 12.3. The van der Waals surface area contributed by atoms with Gasteiger partial charge in [0.25, 0.3) is 0 Å². The van der Waals surface area contributed by atoms with E-state index in [0.29, 0.717) is 35.8 Å². The van der Waals surface area contributed by atoms with Gasteiger partial charge in [0.2, 0.25) is 0 Å². The molecule has 2 rings (SSSR count). The molecule has 0 aliphatic heterocycles. The molecule has 0 bridgehead atoms. The van der Waals surface area contributed by atoms with Crippen LogP contribution in [-0.4, -0.2) is 34.6 Å². The van der Waals surface area contributed by atoms with Crippen molar-refractivity contribution in [1.82, 2.24) is 4.98 Å². The number of aliphatic imine (C=N–C) groups is 1. The number of benzene rings is 1. The van der Waals surface area contributed by atoms with Crippen LogP contribution in [0.2, 0.25) is 0 Å². The third-order valence-electron chi connectivity index (χ3n) is 4.33. The smallest absolute Gasteiger partial charge is 0.161 e. The van der Waals surface area contributed by atoms with Gasteiger partial charge in [-0.25, -0.2) is 0 Å². The molecule has 1 aromatic carbocycles. The Bertz CT molecular complexity index is 805. The second kappa shape index (κ2) is 10.7. The van der Waals surface area contributed by atoms with Crippen molar-refractivity contribution in [2.45, 2.75) is 53.2 Å². The highest BCUT2D eigenvalue weighted by Crippen LogP contribution is 2.32. The molecule has 2 aromatic rings. The van der Waals surface area contributed by atoms with E-state index < -0.39 is 0 Å². The number of aromatic nitrogens is 1. The molecule has 0 unspecified atom stereocenters. The van der Waals surface area contributed by atoms with E-state index in [4.69, 9.17) is 9.47 Å². The highest BCUT2D eigenvalue weighted by molar-refractivity contribution is 5.85. The molecule has 28 heavy (non-hydrogen) atoms. The summed E-state index contributed by atoms with van der Waals surface area (Å²) < 4.78 is 11.6. The summed E-state index contributed by atoms with van der Waals surface area (Å²) in [6, 6.07) is 5.67. The predicted octanol–water partition coefficient (Wildman–Crippen LogP) is 4.35. The Balaban J connectivity index is 2.27. The zero-order valence-electron chi connectivity index (χ0n) is 17.1. The summed E-state index contributed by atoms with van der Waals surface area (Å²) in [6.07, 6.45) is 4.99. The van der Waals surface area contributed by atoms with Crippen LogP contribution in [0.15, 0.2) is 29.4 Å². The summed E-state index contributed by atoms with van der Waals surface area (Å²) in [7, 11) is 0. The van der Waals surface area contributed by atoms with E-state index in [2.05, 4.69) is 23.8 Å². The maximum Gasteiger partial charge on any atom is 0.161 e. The van der Waals surface area contributed by atoms with Crippen molar-refractivity contribution in [1.29, 1.82) is 0 Å². The van der Waals surface area contributed by atoms with Crippen molar-refractivity contribution < 1.29 is 19.7 Å². The molecule has 0 saturated heterocycles. The molecule has 0 aliphatic rings. The van der Waals surface area contributed by atoms with Crippen LogP contribution >= 0.6 is 0 Å². The molecule has 0 amide bonds. The van der Waals surface area contributed by atoms with Gasteiger partial charge < -0.3 is 19.7 Å². The van der Waals surface area contributed by atoms with E-state index in [9.17, 15) is 10.2 Å². The van der Waals surface area contributed by atoms with E-state index in [1.165, 1.54) is 0 Å². The predicted molar refractivity (Wildman–Crippen MR) is 111 cm³/mol. The molecule has 1 aromatic heterocycles. The number of aromatic hydroxyl groups is 1. The number of rotatable bonds is 10. The van der Waals surface area contributed by atoms with Crippen LogP contribution in [0, 0.1) is 6.92 Å². The SMILES string of the molecule is CCCOc1ccc([C@@H](C)N=Cc2c(CO)cnc(C)c2O)cc1OCCC. The lowest BCUT2D eigenvalue weighted by Crippen LogP contribution is -2.03. The van der Waals surface area contributed by atoms with Gasteiger partial charge in [-0.05, 0) is 44.4 Å². The van der Waals surface area contributed by atoms with Gasteiger partial charge in [0.15, 0.2) is 11.5 Å². The van der Waals surface area contributed by atoms with Crippen molar-refractivity contribution >= 4 is 6.21 Å². The summed E-state index contributed by atoms with van der Waals surface area (Å²) in [5, 5.41) is 19.7. The highest BCUT2D eigenvalue weighted by Gasteiger charge is 2.13. The molecule has 6 nitrogen and oxygen atoms in total. The van der Waals surface area contributed by atoms with Crippen LogP contribution in [0.25, 0.3) is 0 Å². The molecular formula is C22H30N2O4. The number of nitrogens with zero attached hydrogens (tertiary/aromatic N) is 2. The molecule has 0 saturated carbocycles. The van der Waals surface area contributed by atoms with E-state index in [1.54, 1.807) is 19.3 Å². The zero-order valence-corrected chi connectivity index (χ0v) is 17.1. The Hall–Kier alpha value is -2.60. The highest BCUT2D eigenvalue weighted by atomic mass is 16.5. The molecule has 0 fully saturated rings. The molecule has 0 spiro atoms. The van der Waals surface area contributed by atoms with E-state index >= 15 is 0 Å². The lowest BCUT2D eigenvalue weighted by Gasteiger charge is -2.15. The van der Waals surface area contributed by atoms with Crippen molar-refractivity contribution in [2.75, 3.05) is 13.2 Å². The maximum atomic E-state index is 10.3. The molecular weight excluding hydrogens is 356 g/mol. The van der Waals surface area contributed by atoms with Crippen LogP contribution in [-0.2, 0) is 6.61 Å². The number of aliphatic hydroxyl groups is 1. The number of ether oxygens (including phenoxy) is 2. The van der Waals surface area contributed by atoms with Gasteiger partial charge in [-0.15, -0.1) is 0 Å². The first-order chi connectivity index (χ1) is 13.5. The summed E-state index contributed by atoms with van der Waals surface area (Å²) >= 11 is 0. The average molecular weight is 386 g/mol. The van der Waals surface area contributed by atoms with Crippen LogP contribution in [0.1, 0.15) is 62.0 Å². The first-order valence-corrected chi connectivity index (χ1v) is 9.72. The Kier molecular flexibility index (Phi) is 8.26. The third-order valence-corrected chi connectivity index (χ3v) is 4.33. The Morgan fingerprint density at radius 2 is 1.82 bits per heavy atom. The van der Waals surface area contributed by atoms with Crippen LogP contribution < -0.4 is 9.47 Å². The van der Waals surface area contributed by atoms with Crippen molar-refractivity contribution in [3.05, 3.63) is 46.8 Å². The molecule has 6 heteroatoms. The largest absolute Gasteiger partial charge is 0.505 e. The van der Waals surface area contributed by atoms with Gasteiger partial charge in [-0.1, -0.05) is 19.9 Å². The number of aliphatic hydroxyl groups excluding tert-OH is 1. The van der Waals surface area contributed by atoms with Gasteiger partial charge in [0.1, 0.15) is 5.75 Å². The third kappa shape index (κ3) is 5.45. The lowest BCUT2D eigenvalue weighted by molar-refractivity contribution is 0.268. The van der Waals surface area contributed by atoms with Gasteiger partial charge >= 0.3 is 0 Å². The molecule has 152 valence electrons. The fourth-order valence-electron chi connectivity index (χ4n) is 2.64. The first-order valence-electron chi connectivity index (χ1n) is 9.72. The van der Waals surface area contributed by atoms with E-state index in [0.717, 1.165) is 24.2 Å². The molecule has 1 heterocycles. The molecule has 0 aliphatic carbocycles. The quantitative estimate of drug-likeness (QED) is 0.593. The second-order valence-electron chi connectivity index (χ2n) is 6.65. The van der Waals surface area contributed by atoms with Crippen LogP contribution in [0.3, 0.4) is 0 Å². The van der Waals surface area contributed by atoms with Crippen molar-refractivity contribution in [2.24, 2.45) is 4.99 Å². The number of hydrogen-bond donors (Lipinski definition) is 2. The molecule has 0 radical (unpaired) electrons. The molecule has 1 atom stereocenters. The van der Waals surface area contributed by atoms with Gasteiger partial charge in [-0.2, -0.15) is 0 Å². The first kappa shape index (κ1) is 21.7. The standard InChI is InChI=1S/C22H30N2O4/c1-5-9-27-20-8-7-17(11-21(20)28-10-6-2)15(3)24-13-19-18(14-25)12-23-16(4)22(19)26/h7-8,11-13,15,25-26H,5-6,9-10,14H2,1-4H3/t15-/m1/s1.